The fourth-order valence-electron chi connectivity index (χ4n) is 4.88. The molecule has 0 spiro atoms. The lowest BCUT2D eigenvalue weighted by Gasteiger charge is -2.32. The Morgan fingerprint density at radius 1 is 1.10 bits per heavy atom. The predicted molar refractivity (Wildman–Crippen MR) is 139 cm³/mol. The normalized spacial score (nSPS) is 34.0. The molecular formula is C25H29FN6O10. The minimum atomic E-state index is -2.42. The van der Waals surface area contributed by atoms with Gasteiger partial charge in [0.2, 0.25) is 5.60 Å². The number of hydrogen-bond acceptors (Lipinski definition) is 14. The van der Waals surface area contributed by atoms with E-state index in [0.29, 0.717) is 10.8 Å². The van der Waals surface area contributed by atoms with E-state index in [1.807, 2.05) is 5.92 Å². The molecule has 226 valence electrons. The Bertz CT molecular complexity index is 1570. The van der Waals surface area contributed by atoms with Crippen LogP contribution in [-0.4, -0.2) is 92.5 Å². The molecule has 0 aromatic carbocycles. The van der Waals surface area contributed by atoms with E-state index in [4.69, 9.17) is 32.9 Å². The average molecular weight is 593 g/mol. The number of hydrogen-bond donors (Lipinski definition) is 7. The molecule has 10 atom stereocenters. The monoisotopic (exact) mass is 592 g/mol. The Kier molecular flexibility index (Phi) is 8.17. The number of nitrogen functional groups attached to an aromatic ring is 1. The first-order valence-electron chi connectivity index (χ1n) is 12.4. The van der Waals surface area contributed by atoms with Gasteiger partial charge in [-0.3, -0.25) is 9.13 Å². The van der Waals surface area contributed by atoms with E-state index in [0.717, 1.165) is 4.57 Å². The molecule has 0 saturated carbocycles. The summed E-state index contributed by atoms with van der Waals surface area (Å²) in [7, 11) is 0. The number of ether oxygens (including phenoxy) is 2. The van der Waals surface area contributed by atoms with Crippen LogP contribution in [0.25, 0.3) is 0 Å². The van der Waals surface area contributed by atoms with Gasteiger partial charge in [-0.05, 0) is 20.8 Å². The third-order valence-corrected chi connectivity index (χ3v) is 7.13. The van der Waals surface area contributed by atoms with Crippen molar-refractivity contribution < 1.29 is 44.2 Å². The number of halogens is 1. The molecule has 2 unspecified atom stereocenters. The van der Waals surface area contributed by atoms with Crippen molar-refractivity contribution in [1.82, 2.24) is 19.1 Å². The Hall–Kier alpha value is -3.91. The summed E-state index contributed by atoms with van der Waals surface area (Å²) in [5.74, 6) is 2.05. The highest BCUT2D eigenvalue weighted by Gasteiger charge is 2.60. The van der Waals surface area contributed by atoms with Crippen molar-refractivity contribution in [2.24, 2.45) is 0 Å². The number of aliphatic hydroxyl groups excluding tert-OH is 4. The standard InChI is InChI=1S/C25H29FN6O10/c1-6-24(39)17(35)15(11(4)33)40-20(24)32-10(3)8-14(28-23(32)38)30-42-25(7-2)18(36)16(12(5)34)41-21(25)31-9-13(26)19(27)29-22(31)37/h1-2,8-9,11-12,15-18,20-21,33-36,39H,3-5H3,(H2,27,29,37)(H,28,30,38)/t11-,12-,15+,16+,17-,18-,20+,21+,24?,25?/m0/s1. The van der Waals surface area contributed by atoms with E-state index >= 15 is 0 Å². The maximum absolute atomic E-state index is 14.3. The molecule has 2 aromatic heterocycles. The molecule has 17 heteroatoms. The molecule has 2 saturated heterocycles. The van der Waals surface area contributed by atoms with Gasteiger partial charge in [-0.1, -0.05) is 11.8 Å². The lowest BCUT2D eigenvalue weighted by atomic mass is 9.93. The molecule has 16 nitrogen and oxygen atoms in total. The van der Waals surface area contributed by atoms with Gasteiger partial charge in [0.15, 0.2) is 35.5 Å². The van der Waals surface area contributed by atoms with Crippen molar-refractivity contribution in [1.29, 1.82) is 0 Å². The molecule has 42 heavy (non-hydrogen) atoms. The smallest absolute Gasteiger partial charge is 0.352 e. The second-order valence-electron chi connectivity index (χ2n) is 9.99. The van der Waals surface area contributed by atoms with Crippen molar-refractivity contribution in [3.8, 4) is 24.7 Å². The molecule has 0 amide bonds. The first-order valence-corrected chi connectivity index (χ1v) is 12.4. The zero-order valence-electron chi connectivity index (χ0n) is 22.4. The summed E-state index contributed by atoms with van der Waals surface area (Å²) in [5, 5.41) is 52.5. The first-order chi connectivity index (χ1) is 19.6. The fourth-order valence-corrected chi connectivity index (χ4v) is 4.88. The average Bonchev–Trinajstić information content (AvgIpc) is 3.36. The second kappa shape index (κ2) is 11.1. The first kappa shape index (κ1) is 31.0. The number of rotatable bonds is 7. The third kappa shape index (κ3) is 4.81. The molecule has 2 aliphatic heterocycles. The van der Waals surface area contributed by atoms with Gasteiger partial charge in [0.05, 0.1) is 18.4 Å². The van der Waals surface area contributed by atoms with Crippen LogP contribution in [0, 0.1) is 37.4 Å². The number of aromatic nitrogens is 4. The molecule has 0 bridgehead atoms. The number of anilines is 2. The summed E-state index contributed by atoms with van der Waals surface area (Å²) in [6, 6.07) is 1.22. The maximum Gasteiger partial charge on any atom is 0.352 e. The van der Waals surface area contributed by atoms with Crippen molar-refractivity contribution in [3.05, 3.63) is 44.7 Å². The molecule has 8 N–H and O–H groups in total. The summed E-state index contributed by atoms with van der Waals surface area (Å²) in [6.45, 7) is 3.96. The van der Waals surface area contributed by atoms with Crippen LogP contribution >= 0.6 is 0 Å². The van der Waals surface area contributed by atoms with Crippen molar-refractivity contribution in [2.45, 2.75) is 81.1 Å². The maximum atomic E-state index is 14.3. The number of nitrogens with zero attached hydrogens (tertiary/aromatic N) is 4. The van der Waals surface area contributed by atoms with E-state index in [1.165, 1.54) is 26.8 Å². The van der Waals surface area contributed by atoms with E-state index in [9.17, 15) is 39.5 Å². The van der Waals surface area contributed by atoms with Crippen LogP contribution in [0.5, 0.6) is 0 Å². The molecule has 4 heterocycles. The van der Waals surface area contributed by atoms with Crippen LogP contribution in [0.3, 0.4) is 0 Å². The minimum Gasteiger partial charge on any atom is -0.391 e. The Balaban J connectivity index is 1.71. The quantitative estimate of drug-likeness (QED) is 0.125. The van der Waals surface area contributed by atoms with Gasteiger partial charge in [-0.2, -0.15) is 9.97 Å². The lowest BCUT2D eigenvalue weighted by Crippen LogP contribution is -2.52. The SMILES string of the molecule is C#CC1(O)[C@@H](O)[C@@H]([C@H](C)O)O[C@H]1n1c(C)cc(NOC2(C#C)[C@@H](O)[C@@H]([C@H](C)O)O[C@H]2n2cc(F)c(N)nc2=O)nc1=O. The predicted octanol–water partition coefficient (Wildman–Crippen LogP) is -3.11. The summed E-state index contributed by atoms with van der Waals surface area (Å²) >= 11 is 0. The van der Waals surface area contributed by atoms with Gasteiger partial charge in [0, 0.05) is 11.8 Å². The van der Waals surface area contributed by atoms with Gasteiger partial charge >= 0.3 is 11.4 Å². The highest BCUT2D eigenvalue weighted by atomic mass is 19.1. The number of aliphatic hydroxyl groups is 5. The zero-order valence-corrected chi connectivity index (χ0v) is 22.4. The topological polar surface area (TPSA) is 237 Å². The Labute approximate surface area is 237 Å². The summed E-state index contributed by atoms with van der Waals surface area (Å²) in [6.07, 6.45) is -0.601. The Morgan fingerprint density at radius 3 is 2.24 bits per heavy atom. The summed E-state index contributed by atoms with van der Waals surface area (Å²) in [5.41, 5.74) is 0.791. The van der Waals surface area contributed by atoms with Crippen LogP contribution in [0.2, 0.25) is 0 Å². The van der Waals surface area contributed by atoms with Gasteiger partial charge in [0.25, 0.3) is 0 Å². The number of terminal acetylenes is 2. The fraction of sp³-hybridized carbons (Fsp3) is 0.520. The summed E-state index contributed by atoms with van der Waals surface area (Å²) in [4.78, 5) is 38.4. The molecular weight excluding hydrogens is 563 g/mol. The van der Waals surface area contributed by atoms with Crippen LogP contribution in [0.15, 0.2) is 21.9 Å². The molecule has 2 fully saturated rings. The highest BCUT2D eigenvalue weighted by molar-refractivity contribution is 5.35. The van der Waals surface area contributed by atoms with Crippen molar-refractivity contribution in [3.63, 3.8) is 0 Å². The molecule has 4 rings (SSSR count). The van der Waals surface area contributed by atoms with Gasteiger partial charge in [-0.15, -0.1) is 12.8 Å². The molecule has 0 aliphatic carbocycles. The number of aryl methyl sites for hydroxylation is 1. The second-order valence-corrected chi connectivity index (χ2v) is 9.99. The zero-order chi connectivity index (χ0) is 31.3. The highest BCUT2D eigenvalue weighted by Crippen LogP contribution is 2.42. The summed E-state index contributed by atoms with van der Waals surface area (Å²) < 4.78 is 26.8. The van der Waals surface area contributed by atoms with E-state index < -0.39 is 83.3 Å². The third-order valence-electron chi connectivity index (χ3n) is 7.13. The van der Waals surface area contributed by atoms with E-state index in [2.05, 4.69) is 21.4 Å². The molecule has 2 aromatic rings. The van der Waals surface area contributed by atoms with Gasteiger partial charge in [-0.25, -0.2) is 24.3 Å². The largest absolute Gasteiger partial charge is 0.391 e. The van der Waals surface area contributed by atoms with Crippen molar-refractivity contribution >= 4 is 11.6 Å². The Morgan fingerprint density at radius 2 is 1.69 bits per heavy atom. The number of nitrogens with one attached hydrogen (secondary N) is 1. The number of nitrogens with two attached hydrogens (primary N) is 1. The van der Waals surface area contributed by atoms with Gasteiger partial charge < -0.3 is 40.7 Å². The van der Waals surface area contributed by atoms with E-state index in [-0.39, 0.29) is 11.5 Å². The van der Waals surface area contributed by atoms with Gasteiger partial charge in [0.1, 0.15) is 24.4 Å². The van der Waals surface area contributed by atoms with Crippen LogP contribution in [0.4, 0.5) is 16.0 Å². The van der Waals surface area contributed by atoms with Crippen LogP contribution < -0.4 is 22.6 Å². The minimum absolute atomic E-state index is 0.0654. The molecule has 2 aliphatic rings. The van der Waals surface area contributed by atoms with Crippen LogP contribution in [0.1, 0.15) is 32.0 Å². The van der Waals surface area contributed by atoms with E-state index in [1.54, 1.807) is 0 Å². The lowest BCUT2D eigenvalue weighted by molar-refractivity contribution is -0.102. The molecule has 0 radical (unpaired) electrons. The van der Waals surface area contributed by atoms with Crippen LogP contribution in [-0.2, 0) is 14.3 Å². The van der Waals surface area contributed by atoms with Crippen molar-refractivity contribution in [2.75, 3.05) is 11.2 Å².